The molecular formula is C9H11BrN2O5. The largest absolute Gasteiger partial charge is 0.467 e. The second kappa shape index (κ2) is 4.84. The first-order valence-electron chi connectivity index (χ1n) is 4.58. The van der Waals surface area contributed by atoms with Crippen molar-refractivity contribution in [1.82, 2.24) is 9.55 Å². The lowest BCUT2D eigenvalue weighted by Gasteiger charge is -2.20. The summed E-state index contributed by atoms with van der Waals surface area (Å²) in [6, 6.07) is 0. The van der Waals surface area contributed by atoms with Crippen LogP contribution in [0.1, 0.15) is 6.92 Å². The Kier molecular flexibility index (Phi) is 3.89. The molecule has 0 bridgehead atoms. The molecule has 2 N–H and O–H groups in total. The van der Waals surface area contributed by atoms with Crippen LogP contribution in [-0.4, -0.2) is 33.3 Å². The minimum atomic E-state index is -1.85. The smallest absolute Gasteiger partial charge is 0.339 e. The first kappa shape index (κ1) is 13.7. The Hall–Kier alpha value is -1.41. The van der Waals surface area contributed by atoms with Gasteiger partial charge in [0, 0.05) is 6.20 Å². The van der Waals surface area contributed by atoms with Crippen molar-refractivity contribution < 1.29 is 14.6 Å². The van der Waals surface area contributed by atoms with Crippen LogP contribution < -0.4 is 11.2 Å². The number of carbonyl (C=O) groups excluding carboxylic acids is 1. The van der Waals surface area contributed by atoms with E-state index in [9.17, 15) is 19.5 Å². The lowest BCUT2D eigenvalue weighted by Crippen LogP contribution is -2.44. The summed E-state index contributed by atoms with van der Waals surface area (Å²) >= 11 is 2.94. The van der Waals surface area contributed by atoms with Gasteiger partial charge in [-0.1, -0.05) is 0 Å². The van der Waals surface area contributed by atoms with E-state index in [-0.39, 0.29) is 11.0 Å². The van der Waals surface area contributed by atoms with Crippen LogP contribution in [-0.2, 0) is 16.1 Å². The minimum Gasteiger partial charge on any atom is -0.467 e. The van der Waals surface area contributed by atoms with E-state index in [1.54, 1.807) is 0 Å². The zero-order valence-electron chi connectivity index (χ0n) is 9.19. The molecule has 0 spiro atoms. The van der Waals surface area contributed by atoms with Gasteiger partial charge in [-0.3, -0.25) is 14.3 Å². The number of ether oxygens (including phenoxy) is 1. The first-order valence-corrected chi connectivity index (χ1v) is 5.37. The molecule has 1 atom stereocenters. The summed E-state index contributed by atoms with van der Waals surface area (Å²) in [4.78, 5) is 35.7. The number of aromatic nitrogens is 2. The summed E-state index contributed by atoms with van der Waals surface area (Å²) in [7, 11) is 1.13. The number of rotatable bonds is 3. The SMILES string of the molecule is COC(=O)C(C)(O)Cn1cc(Br)c(=O)[nH]c1=O. The Labute approximate surface area is 104 Å². The van der Waals surface area contributed by atoms with Crippen LogP contribution in [0.15, 0.2) is 20.3 Å². The fourth-order valence-electron chi connectivity index (χ4n) is 1.22. The molecule has 0 amide bonds. The maximum atomic E-state index is 11.4. The van der Waals surface area contributed by atoms with E-state index in [1.807, 2.05) is 4.98 Å². The number of hydrogen-bond donors (Lipinski definition) is 2. The fourth-order valence-corrected chi connectivity index (χ4v) is 1.56. The topological polar surface area (TPSA) is 101 Å². The molecule has 17 heavy (non-hydrogen) atoms. The van der Waals surface area contributed by atoms with Crippen molar-refractivity contribution in [3.05, 3.63) is 31.5 Å². The van der Waals surface area contributed by atoms with E-state index < -0.39 is 22.8 Å². The molecule has 1 unspecified atom stereocenters. The van der Waals surface area contributed by atoms with Gasteiger partial charge in [0.05, 0.1) is 18.1 Å². The summed E-state index contributed by atoms with van der Waals surface area (Å²) < 4.78 is 5.52. The van der Waals surface area contributed by atoms with Gasteiger partial charge in [0.25, 0.3) is 5.56 Å². The molecule has 0 aromatic carbocycles. The van der Waals surface area contributed by atoms with Crippen LogP contribution in [0.25, 0.3) is 0 Å². The molecule has 0 saturated heterocycles. The molecule has 1 aromatic heterocycles. The Balaban J connectivity index is 3.12. The summed E-state index contributed by atoms with van der Waals surface area (Å²) in [5.41, 5.74) is -3.15. The predicted molar refractivity (Wildman–Crippen MR) is 61.7 cm³/mol. The summed E-state index contributed by atoms with van der Waals surface area (Å²) in [5.74, 6) is -0.869. The maximum Gasteiger partial charge on any atom is 0.339 e. The Morgan fingerprint density at radius 3 is 2.76 bits per heavy atom. The van der Waals surface area contributed by atoms with Gasteiger partial charge in [-0.15, -0.1) is 0 Å². The quantitative estimate of drug-likeness (QED) is 0.714. The maximum absolute atomic E-state index is 11.4. The van der Waals surface area contributed by atoms with E-state index >= 15 is 0 Å². The number of nitrogens with zero attached hydrogens (tertiary/aromatic N) is 1. The van der Waals surface area contributed by atoms with E-state index in [1.165, 1.54) is 13.1 Å². The third kappa shape index (κ3) is 3.04. The van der Waals surface area contributed by atoms with Crippen LogP contribution in [0.4, 0.5) is 0 Å². The molecule has 0 aliphatic heterocycles. The van der Waals surface area contributed by atoms with Gasteiger partial charge in [0.1, 0.15) is 0 Å². The van der Waals surface area contributed by atoms with Crippen molar-refractivity contribution in [1.29, 1.82) is 0 Å². The highest BCUT2D eigenvalue weighted by Gasteiger charge is 2.32. The molecule has 0 aliphatic carbocycles. The number of aliphatic hydroxyl groups is 1. The normalized spacial score (nSPS) is 14.1. The molecule has 1 aromatic rings. The number of methoxy groups -OCH3 is 1. The number of aromatic amines is 1. The van der Waals surface area contributed by atoms with Crippen LogP contribution in [0.5, 0.6) is 0 Å². The summed E-state index contributed by atoms with van der Waals surface area (Å²) in [6.07, 6.45) is 1.19. The highest BCUT2D eigenvalue weighted by molar-refractivity contribution is 9.10. The highest BCUT2D eigenvalue weighted by Crippen LogP contribution is 2.09. The third-order valence-corrected chi connectivity index (χ3v) is 2.64. The van der Waals surface area contributed by atoms with E-state index in [0.717, 1.165) is 11.7 Å². The monoisotopic (exact) mass is 306 g/mol. The van der Waals surface area contributed by atoms with Crippen LogP contribution >= 0.6 is 15.9 Å². The molecule has 0 fully saturated rings. The van der Waals surface area contributed by atoms with Gasteiger partial charge in [-0.25, -0.2) is 9.59 Å². The molecule has 8 heteroatoms. The van der Waals surface area contributed by atoms with Crippen LogP contribution in [0.2, 0.25) is 0 Å². The molecule has 0 radical (unpaired) electrons. The van der Waals surface area contributed by atoms with Crippen molar-refractivity contribution in [2.24, 2.45) is 0 Å². The highest BCUT2D eigenvalue weighted by atomic mass is 79.9. The van der Waals surface area contributed by atoms with Crippen molar-refractivity contribution >= 4 is 21.9 Å². The zero-order valence-corrected chi connectivity index (χ0v) is 10.8. The van der Waals surface area contributed by atoms with E-state index in [4.69, 9.17) is 0 Å². The number of H-pyrrole nitrogens is 1. The molecule has 7 nitrogen and oxygen atoms in total. The minimum absolute atomic E-state index is 0.123. The number of carbonyl (C=O) groups is 1. The van der Waals surface area contributed by atoms with Gasteiger partial charge in [-0.2, -0.15) is 0 Å². The van der Waals surface area contributed by atoms with Crippen molar-refractivity contribution in [2.45, 2.75) is 19.1 Å². The van der Waals surface area contributed by atoms with Gasteiger partial charge >= 0.3 is 11.7 Å². The molecule has 0 saturated carbocycles. The Bertz CT molecular complexity index is 545. The van der Waals surface area contributed by atoms with E-state index in [2.05, 4.69) is 20.7 Å². The average molecular weight is 307 g/mol. The van der Waals surface area contributed by atoms with Crippen LogP contribution in [0.3, 0.4) is 0 Å². The van der Waals surface area contributed by atoms with Crippen molar-refractivity contribution in [3.63, 3.8) is 0 Å². The molecule has 1 rings (SSSR count). The Morgan fingerprint density at radius 2 is 2.24 bits per heavy atom. The lowest BCUT2D eigenvalue weighted by molar-refractivity contribution is -0.161. The second-order valence-corrected chi connectivity index (χ2v) is 4.48. The predicted octanol–water partition coefficient (Wildman–Crippen LogP) is -0.777. The van der Waals surface area contributed by atoms with Crippen LogP contribution in [0, 0.1) is 0 Å². The molecule has 0 aliphatic rings. The standard InChI is InChI=1S/C9H11BrN2O5/c1-9(16,7(14)17-2)4-12-3-5(10)6(13)11-8(12)15/h3,16H,4H2,1-2H3,(H,11,13,15). The Morgan fingerprint density at radius 1 is 1.65 bits per heavy atom. The molecular weight excluding hydrogens is 296 g/mol. The van der Waals surface area contributed by atoms with Gasteiger partial charge < -0.3 is 9.84 Å². The molecule has 1 heterocycles. The lowest BCUT2D eigenvalue weighted by atomic mass is 10.1. The average Bonchev–Trinajstić information content (AvgIpc) is 2.24. The number of nitrogens with one attached hydrogen (secondary N) is 1. The second-order valence-electron chi connectivity index (χ2n) is 3.63. The third-order valence-electron chi connectivity index (χ3n) is 2.07. The zero-order chi connectivity index (χ0) is 13.2. The summed E-state index contributed by atoms with van der Waals surface area (Å²) in [5, 5.41) is 9.78. The first-order chi connectivity index (χ1) is 7.77. The van der Waals surface area contributed by atoms with E-state index in [0.29, 0.717) is 0 Å². The van der Waals surface area contributed by atoms with Gasteiger partial charge in [0.2, 0.25) is 0 Å². The van der Waals surface area contributed by atoms with Crippen molar-refractivity contribution in [3.8, 4) is 0 Å². The molecule has 94 valence electrons. The number of hydrogen-bond acceptors (Lipinski definition) is 5. The number of esters is 1. The van der Waals surface area contributed by atoms with Gasteiger partial charge in [0.15, 0.2) is 5.60 Å². The van der Waals surface area contributed by atoms with Gasteiger partial charge in [-0.05, 0) is 22.9 Å². The number of halogens is 1. The summed E-state index contributed by atoms with van der Waals surface area (Å²) in [6.45, 7) is 0.887. The fraction of sp³-hybridized carbons (Fsp3) is 0.444. The van der Waals surface area contributed by atoms with Crippen molar-refractivity contribution in [2.75, 3.05) is 7.11 Å².